The first-order chi connectivity index (χ1) is 7.73. The van der Waals surface area contributed by atoms with E-state index in [0.717, 1.165) is 30.6 Å². The van der Waals surface area contributed by atoms with Crippen molar-refractivity contribution >= 4 is 23.2 Å². The van der Waals surface area contributed by atoms with Crippen LogP contribution in [0.4, 0.5) is 0 Å². The van der Waals surface area contributed by atoms with E-state index in [1.54, 1.807) is 0 Å². The summed E-state index contributed by atoms with van der Waals surface area (Å²) >= 11 is 13.4. The van der Waals surface area contributed by atoms with Crippen molar-refractivity contribution in [3.05, 3.63) is 0 Å². The highest BCUT2D eigenvalue weighted by atomic mass is 35.5. The topological polar surface area (TPSA) is 0 Å². The van der Waals surface area contributed by atoms with Crippen LogP contribution >= 0.6 is 23.2 Å². The van der Waals surface area contributed by atoms with Crippen molar-refractivity contribution < 1.29 is 0 Å². The SMILES string of the molecule is CC(C)[C@@H]1CC[C@@](C)(Cl)[C@@H]2CC[C@@](C)(Cl)C[C@H]21. The molecular weight excluding hydrogens is 251 g/mol. The molecule has 2 fully saturated rings. The Morgan fingerprint density at radius 2 is 1.71 bits per heavy atom. The van der Waals surface area contributed by atoms with Crippen LogP contribution < -0.4 is 0 Å². The summed E-state index contributed by atoms with van der Waals surface area (Å²) in [5, 5.41) is 0. The van der Waals surface area contributed by atoms with Crippen LogP contribution in [-0.2, 0) is 0 Å². The second kappa shape index (κ2) is 4.60. The van der Waals surface area contributed by atoms with Gasteiger partial charge in [-0.25, -0.2) is 0 Å². The fourth-order valence-electron chi connectivity index (χ4n) is 4.28. The zero-order valence-corrected chi connectivity index (χ0v) is 13.1. The van der Waals surface area contributed by atoms with Crippen LogP contribution in [0.1, 0.15) is 59.8 Å². The molecule has 0 aromatic rings. The molecule has 0 unspecified atom stereocenters. The molecule has 100 valence electrons. The van der Waals surface area contributed by atoms with Gasteiger partial charge in [0.05, 0.1) is 0 Å². The van der Waals surface area contributed by atoms with Crippen LogP contribution in [0.2, 0.25) is 0 Å². The molecule has 0 aliphatic heterocycles. The van der Waals surface area contributed by atoms with Crippen LogP contribution in [0.25, 0.3) is 0 Å². The van der Waals surface area contributed by atoms with Crippen LogP contribution in [0.5, 0.6) is 0 Å². The lowest BCUT2D eigenvalue weighted by Crippen LogP contribution is -2.49. The standard InChI is InChI=1S/C15H26Cl2/c1-10(2)11-5-8-15(4,17)13-6-7-14(3,16)9-12(11)13/h10-13H,5-9H2,1-4H3/t11-,12-,13+,14+,15+/m0/s1. The Labute approximate surface area is 116 Å². The number of rotatable bonds is 1. The van der Waals surface area contributed by atoms with E-state index in [1.807, 2.05) is 0 Å². The Balaban J connectivity index is 2.22. The predicted octanol–water partition coefficient (Wildman–Crippen LogP) is 5.46. The van der Waals surface area contributed by atoms with Gasteiger partial charge in [0, 0.05) is 9.75 Å². The Kier molecular flexibility index (Phi) is 3.79. The highest BCUT2D eigenvalue weighted by molar-refractivity contribution is 6.24. The smallest absolute Gasteiger partial charge is 0.0449 e. The molecule has 2 aliphatic carbocycles. The summed E-state index contributed by atoms with van der Waals surface area (Å²) in [6.45, 7) is 9.18. The molecule has 2 rings (SSSR count). The fourth-order valence-corrected chi connectivity index (χ4v) is 4.95. The van der Waals surface area contributed by atoms with E-state index in [9.17, 15) is 0 Å². The van der Waals surface area contributed by atoms with Crippen molar-refractivity contribution in [3.63, 3.8) is 0 Å². The van der Waals surface area contributed by atoms with Crippen LogP contribution in [0.3, 0.4) is 0 Å². The summed E-state index contributed by atoms with van der Waals surface area (Å²) in [5.74, 6) is 3.01. The van der Waals surface area contributed by atoms with Crippen molar-refractivity contribution in [2.75, 3.05) is 0 Å². The molecule has 2 heteroatoms. The van der Waals surface area contributed by atoms with Gasteiger partial charge in [0.15, 0.2) is 0 Å². The molecule has 0 N–H and O–H groups in total. The number of fused-ring (bicyclic) bond motifs is 1. The van der Waals surface area contributed by atoms with Gasteiger partial charge in [0.1, 0.15) is 0 Å². The third-order valence-electron chi connectivity index (χ3n) is 5.30. The molecule has 2 saturated carbocycles. The van der Waals surface area contributed by atoms with E-state index >= 15 is 0 Å². The lowest BCUT2D eigenvalue weighted by Gasteiger charge is -2.53. The van der Waals surface area contributed by atoms with Crippen LogP contribution in [0, 0.1) is 23.7 Å². The van der Waals surface area contributed by atoms with Gasteiger partial charge in [0.2, 0.25) is 0 Å². The summed E-state index contributed by atoms with van der Waals surface area (Å²) in [6, 6.07) is 0. The molecule has 5 atom stereocenters. The highest BCUT2D eigenvalue weighted by Crippen LogP contribution is 2.56. The first kappa shape index (κ1) is 14.0. The lowest BCUT2D eigenvalue weighted by atomic mass is 9.57. The van der Waals surface area contributed by atoms with E-state index in [2.05, 4.69) is 27.7 Å². The van der Waals surface area contributed by atoms with Gasteiger partial charge in [-0.2, -0.15) is 0 Å². The maximum absolute atomic E-state index is 6.77. The minimum Gasteiger partial charge on any atom is -0.120 e. The summed E-state index contributed by atoms with van der Waals surface area (Å²) in [5.41, 5.74) is 0. The first-order valence-corrected chi connectivity index (χ1v) is 7.86. The average Bonchev–Trinajstić information content (AvgIpc) is 2.14. The van der Waals surface area contributed by atoms with Gasteiger partial charge in [-0.3, -0.25) is 0 Å². The second-order valence-corrected chi connectivity index (χ2v) is 8.93. The number of alkyl halides is 2. The Morgan fingerprint density at radius 3 is 2.29 bits per heavy atom. The van der Waals surface area contributed by atoms with E-state index < -0.39 is 0 Å². The number of hydrogen-bond donors (Lipinski definition) is 0. The van der Waals surface area contributed by atoms with Crippen molar-refractivity contribution in [1.29, 1.82) is 0 Å². The lowest BCUT2D eigenvalue weighted by molar-refractivity contribution is 0.0357. The average molecular weight is 277 g/mol. The molecule has 0 heterocycles. The quantitative estimate of drug-likeness (QED) is 0.558. The molecular formula is C15H26Cl2. The van der Waals surface area contributed by atoms with Crippen molar-refractivity contribution in [3.8, 4) is 0 Å². The maximum Gasteiger partial charge on any atom is 0.0449 e. The van der Waals surface area contributed by atoms with Gasteiger partial charge in [-0.15, -0.1) is 23.2 Å². The molecule has 2 aliphatic rings. The number of hydrogen-bond acceptors (Lipinski definition) is 0. The molecule has 17 heavy (non-hydrogen) atoms. The van der Waals surface area contributed by atoms with Gasteiger partial charge >= 0.3 is 0 Å². The molecule has 0 amide bonds. The van der Waals surface area contributed by atoms with E-state index in [1.165, 1.54) is 19.3 Å². The minimum absolute atomic E-state index is 0.0125. The summed E-state index contributed by atoms with van der Waals surface area (Å²) in [4.78, 5) is 0.0298. The normalized spacial score (nSPS) is 51.4. The molecule has 0 saturated heterocycles. The highest BCUT2D eigenvalue weighted by Gasteiger charge is 2.50. The second-order valence-electron chi connectivity index (χ2n) is 7.15. The van der Waals surface area contributed by atoms with Gasteiger partial charge in [-0.1, -0.05) is 13.8 Å². The third-order valence-corrected chi connectivity index (χ3v) is 6.11. The molecule has 0 aromatic carbocycles. The zero-order valence-electron chi connectivity index (χ0n) is 11.6. The Bertz CT molecular complexity index is 281. The Morgan fingerprint density at radius 1 is 1.06 bits per heavy atom. The summed E-state index contributed by atoms with van der Waals surface area (Å²) in [7, 11) is 0. The predicted molar refractivity (Wildman–Crippen MR) is 76.9 cm³/mol. The first-order valence-electron chi connectivity index (χ1n) is 7.11. The van der Waals surface area contributed by atoms with E-state index in [-0.39, 0.29) is 9.75 Å². The molecule has 0 spiro atoms. The monoisotopic (exact) mass is 276 g/mol. The van der Waals surface area contributed by atoms with Gasteiger partial charge < -0.3 is 0 Å². The van der Waals surface area contributed by atoms with Crippen LogP contribution in [0.15, 0.2) is 0 Å². The van der Waals surface area contributed by atoms with Gasteiger partial charge in [0.25, 0.3) is 0 Å². The third kappa shape index (κ3) is 2.78. The minimum atomic E-state index is 0.0125. The molecule has 0 bridgehead atoms. The molecule has 0 nitrogen and oxygen atoms in total. The number of halogens is 2. The van der Waals surface area contributed by atoms with Crippen LogP contribution in [-0.4, -0.2) is 9.75 Å². The molecule has 0 radical (unpaired) electrons. The Hall–Kier alpha value is 0.580. The summed E-state index contributed by atoms with van der Waals surface area (Å²) < 4.78 is 0. The van der Waals surface area contributed by atoms with Crippen molar-refractivity contribution in [1.82, 2.24) is 0 Å². The molecule has 0 aromatic heterocycles. The largest absolute Gasteiger partial charge is 0.120 e. The van der Waals surface area contributed by atoms with Crippen molar-refractivity contribution in [2.24, 2.45) is 23.7 Å². The maximum atomic E-state index is 6.77. The fraction of sp³-hybridized carbons (Fsp3) is 1.00. The van der Waals surface area contributed by atoms with E-state index in [4.69, 9.17) is 23.2 Å². The summed E-state index contributed by atoms with van der Waals surface area (Å²) in [6.07, 6.45) is 5.96. The van der Waals surface area contributed by atoms with E-state index in [0.29, 0.717) is 5.92 Å². The zero-order chi connectivity index (χ0) is 12.8. The van der Waals surface area contributed by atoms with Crippen molar-refractivity contribution in [2.45, 2.75) is 69.5 Å². The van der Waals surface area contributed by atoms with Gasteiger partial charge in [-0.05, 0) is 69.6 Å².